The summed E-state index contributed by atoms with van der Waals surface area (Å²) in [5.41, 5.74) is 0. The van der Waals surface area contributed by atoms with Crippen LogP contribution in [0, 0.1) is 5.92 Å². The highest BCUT2D eigenvalue weighted by Gasteiger charge is 2.03. The molecule has 0 saturated heterocycles. The number of hydrogen-bond acceptors (Lipinski definition) is 1. The van der Waals surface area contributed by atoms with Crippen molar-refractivity contribution >= 4 is 6.29 Å². The fourth-order valence-electron chi connectivity index (χ4n) is 1.62. The van der Waals surface area contributed by atoms with Gasteiger partial charge in [0.1, 0.15) is 6.29 Å². The van der Waals surface area contributed by atoms with Crippen LogP contribution in [0.1, 0.15) is 58.8 Å². The van der Waals surface area contributed by atoms with Gasteiger partial charge in [-0.3, -0.25) is 0 Å². The van der Waals surface area contributed by atoms with E-state index in [2.05, 4.69) is 13.8 Å². The number of rotatable bonds is 8. The molecule has 1 unspecified atom stereocenters. The molecule has 0 aliphatic carbocycles. The molecular weight excluding hydrogens is 148 g/mol. The Hall–Kier alpha value is -0.330. The number of unbranched alkanes of at least 4 members (excludes halogenated alkanes) is 2. The summed E-state index contributed by atoms with van der Waals surface area (Å²) in [4.78, 5) is 10.0. The van der Waals surface area contributed by atoms with Gasteiger partial charge < -0.3 is 4.79 Å². The third-order valence-electron chi connectivity index (χ3n) is 2.46. The lowest BCUT2D eigenvalue weighted by Gasteiger charge is -2.12. The van der Waals surface area contributed by atoms with E-state index in [4.69, 9.17) is 0 Å². The molecule has 0 bridgehead atoms. The SMILES string of the molecule is CCCC(CC)CCCCC=O. The van der Waals surface area contributed by atoms with Crippen LogP contribution in [0.2, 0.25) is 0 Å². The van der Waals surface area contributed by atoms with E-state index < -0.39 is 0 Å². The van der Waals surface area contributed by atoms with Crippen molar-refractivity contribution in [2.75, 3.05) is 0 Å². The molecule has 72 valence electrons. The predicted octanol–water partition coefficient (Wildman–Crippen LogP) is 3.57. The van der Waals surface area contributed by atoms with Crippen molar-refractivity contribution in [2.24, 2.45) is 5.92 Å². The topological polar surface area (TPSA) is 17.1 Å². The molecule has 1 atom stereocenters. The van der Waals surface area contributed by atoms with E-state index in [-0.39, 0.29) is 0 Å². The molecule has 1 nitrogen and oxygen atoms in total. The van der Waals surface area contributed by atoms with Crippen molar-refractivity contribution in [1.29, 1.82) is 0 Å². The van der Waals surface area contributed by atoms with Gasteiger partial charge in [0.05, 0.1) is 0 Å². The summed E-state index contributed by atoms with van der Waals surface area (Å²) in [5.74, 6) is 0.904. The Labute approximate surface area is 76.6 Å². The Morgan fingerprint density at radius 1 is 1.17 bits per heavy atom. The maximum absolute atomic E-state index is 10.0. The van der Waals surface area contributed by atoms with Gasteiger partial charge in [0.25, 0.3) is 0 Å². The van der Waals surface area contributed by atoms with Gasteiger partial charge in [-0.2, -0.15) is 0 Å². The molecule has 0 aromatic heterocycles. The molecule has 0 fully saturated rings. The van der Waals surface area contributed by atoms with Gasteiger partial charge in [-0.1, -0.05) is 46.0 Å². The molecule has 0 rings (SSSR count). The molecule has 0 N–H and O–H groups in total. The van der Waals surface area contributed by atoms with Crippen LogP contribution in [0.4, 0.5) is 0 Å². The third-order valence-corrected chi connectivity index (χ3v) is 2.46. The van der Waals surface area contributed by atoms with Crippen molar-refractivity contribution in [2.45, 2.75) is 58.8 Å². The Morgan fingerprint density at radius 3 is 2.42 bits per heavy atom. The highest BCUT2D eigenvalue weighted by Crippen LogP contribution is 2.18. The van der Waals surface area contributed by atoms with Gasteiger partial charge >= 0.3 is 0 Å². The van der Waals surface area contributed by atoms with Crippen LogP contribution in [0.15, 0.2) is 0 Å². The van der Waals surface area contributed by atoms with E-state index in [1.165, 1.54) is 32.1 Å². The minimum atomic E-state index is 0.753. The Morgan fingerprint density at radius 2 is 1.92 bits per heavy atom. The average molecular weight is 170 g/mol. The lowest BCUT2D eigenvalue weighted by Crippen LogP contribution is -1.97. The number of hydrogen-bond donors (Lipinski definition) is 0. The van der Waals surface area contributed by atoms with E-state index >= 15 is 0 Å². The number of carbonyl (C=O) groups is 1. The van der Waals surface area contributed by atoms with Crippen molar-refractivity contribution in [3.05, 3.63) is 0 Å². The van der Waals surface area contributed by atoms with Gasteiger partial charge in [-0.15, -0.1) is 0 Å². The summed E-state index contributed by atoms with van der Waals surface area (Å²) in [5, 5.41) is 0. The standard InChI is InChI=1S/C11H22O/c1-3-8-11(4-2)9-6-5-7-10-12/h10-11H,3-9H2,1-2H3. The first-order valence-electron chi connectivity index (χ1n) is 5.28. The van der Waals surface area contributed by atoms with Crippen molar-refractivity contribution in [1.82, 2.24) is 0 Å². The number of carbonyl (C=O) groups excluding carboxylic acids is 1. The maximum atomic E-state index is 10.0. The molecule has 0 aliphatic heterocycles. The molecule has 0 radical (unpaired) electrons. The highest BCUT2D eigenvalue weighted by atomic mass is 16.1. The van der Waals surface area contributed by atoms with Crippen molar-refractivity contribution < 1.29 is 4.79 Å². The van der Waals surface area contributed by atoms with Crippen LogP contribution in [-0.2, 0) is 4.79 Å². The fraction of sp³-hybridized carbons (Fsp3) is 0.909. The normalized spacial score (nSPS) is 12.8. The van der Waals surface area contributed by atoms with Crippen LogP contribution in [-0.4, -0.2) is 6.29 Å². The molecule has 12 heavy (non-hydrogen) atoms. The minimum Gasteiger partial charge on any atom is -0.303 e. The maximum Gasteiger partial charge on any atom is 0.119 e. The fourth-order valence-corrected chi connectivity index (χ4v) is 1.62. The lowest BCUT2D eigenvalue weighted by atomic mass is 9.94. The lowest BCUT2D eigenvalue weighted by molar-refractivity contribution is -0.107. The van der Waals surface area contributed by atoms with Gasteiger partial charge in [0.2, 0.25) is 0 Å². The van der Waals surface area contributed by atoms with Gasteiger partial charge in [-0.05, 0) is 12.3 Å². The van der Waals surface area contributed by atoms with E-state index in [0.29, 0.717) is 0 Å². The molecule has 0 amide bonds. The first-order chi connectivity index (χ1) is 5.85. The largest absolute Gasteiger partial charge is 0.303 e. The first-order valence-corrected chi connectivity index (χ1v) is 5.28. The van der Waals surface area contributed by atoms with Crippen LogP contribution >= 0.6 is 0 Å². The molecule has 0 heterocycles. The second kappa shape index (κ2) is 8.76. The van der Waals surface area contributed by atoms with Gasteiger partial charge in [0, 0.05) is 6.42 Å². The summed E-state index contributed by atoms with van der Waals surface area (Å²) < 4.78 is 0. The van der Waals surface area contributed by atoms with Crippen molar-refractivity contribution in [3.63, 3.8) is 0 Å². The molecule has 0 saturated carbocycles. The van der Waals surface area contributed by atoms with Crippen LogP contribution in [0.25, 0.3) is 0 Å². The monoisotopic (exact) mass is 170 g/mol. The van der Waals surface area contributed by atoms with E-state index in [9.17, 15) is 4.79 Å². The third kappa shape index (κ3) is 6.38. The van der Waals surface area contributed by atoms with Crippen LogP contribution < -0.4 is 0 Å². The van der Waals surface area contributed by atoms with Gasteiger partial charge in [-0.25, -0.2) is 0 Å². The Balaban J connectivity index is 3.24. The van der Waals surface area contributed by atoms with Crippen LogP contribution in [0.3, 0.4) is 0 Å². The minimum absolute atomic E-state index is 0.753. The molecule has 0 spiro atoms. The summed E-state index contributed by atoms with van der Waals surface area (Å²) in [6.45, 7) is 4.51. The molecule has 0 aliphatic rings. The summed E-state index contributed by atoms with van der Waals surface area (Å²) >= 11 is 0. The zero-order valence-electron chi connectivity index (χ0n) is 8.51. The zero-order chi connectivity index (χ0) is 9.23. The highest BCUT2D eigenvalue weighted by molar-refractivity contribution is 5.48. The van der Waals surface area contributed by atoms with Gasteiger partial charge in [0.15, 0.2) is 0 Å². The number of aldehydes is 1. The molecule has 0 aromatic rings. The summed E-state index contributed by atoms with van der Waals surface area (Å²) in [7, 11) is 0. The quantitative estimate of drug-likeness (QED) is 0.402. The molecule has 1 heteroatoms. The van der Waals surface area contributed by atoms with E-state index in [1.54, 1.807) is 0 Å². The second-order valence-electron chi connectivity index (χ2n) is 3.51. The average Bonchev–Trinajstić information content (AvgIpc) is 2.10. The Kier molecular flexibility index (Phi) is 8.52. The second-order valence-corrected chi connectivity index (χ2v) is 3.51. The van der Waals surface area contributed by atoms with Crippen molar-refractivity contribution in [3.8, 4) is 0 Å². The zero-order valence-corrected chi connectivity index (χ0v) is 8.51. The first kappa shape index (κ1) is 11.7. The summed E-state index contributed by atoms with van der Waals surface area (Å²) in [6.07, 6.45) is 9.38. The predicted molar refractivity (Wildman–Crippen MR) is 53.2 cm³/mol. The van der Waals surface area contributed by atoms with E-state index in [0.717, 1.165) is 25.0 Å². The van der Waals surface area contributed by atoms with E-state index in [1.807, 2.05) is 0 Å². The molecular formula is C11H22O. The smallest absolute Gasteiger partial charge is 0.119 e. The van der Waals surface area contributed by atoms with Crippen LogP contribution in [0.5, 0.6) is 0 Å². The summed E-state index contributed by atoms with van der Waals surface area (Å²) in [6, 6.07) is 0. The Bertz CT molecular complexity index is 99.2. The molecule has 0 aromatic carbocycles.